The van der Waals surface area contributed by atoms with Crippen molar-refractivity contribution in [2.24, 2.45) is 0 Å². The Morgan fingerprint density at radius 3 is 2.30 bits per heavy atom. The molecule has 3 aromatic rings. The van der Waals surface area contributed by atoms with Gasteiger partial charge in [0.05, 0.1) is 22.4 Å². The van der Waals surface area contributed by atoms with Crippen molar-refractivity contribution in [2.45, 2.75) is 19.4 Å². The summed E-state index contributed by atoms with van der Waals surface area (Å²) in [6, 6.07) is 20.3. The average Bonchev–Trinajstić information content (AvgIpc) is 3.30. The number of ether oxygens (including phenoxy) is 1. The zero-order valence-corrected chi connectivity index (χ0v) is 17.9. The minimum Gasteiger partial charge on any atom is -0.452 e. The van der Waals surface area contributed by atoms with Gasteiger partial charge in [-0.3, -0.25) is 14.4 Å². The monoisotopic (exact) mass is 440 g/mol. The molecule has 33 heavy (non-hydrogen) atoms. The standard InChI is InChI=1S/C26H20N2O5/c1-16-13-17-7-2-5-12-22(17)27(16)23(29)15-33-26(32)18-8-6-9-19(14-18)28-24(30)20-10-3-4-11-21(20)25(28)31/h2-12,14,16H,13,15H2,1H3/t16-/m0/s1. The van der Waals surface area contributed by atoms with E-state index in [0.29, 0.717) is 11.1 Å². The zero-order valence-electron chi connectivity index (χ0n) is 17.9. The van der Waals surface area contributed by atoms with E-state index in [1.54, 1.807) is 41.3 Å². The second kappa shape index (κ2) is 8.02. The highest BCUT2D eigenvalue weighted by molar-refractivity contribution is 6.34. The summed E-state index contributed by atoms with van der Waals surface area (Å²) in [7, 11) is 0. The Morgan fingerprint density at radius 2 is 1.58 bits per heavy atom. The van der Waals surface area contributed by atoms with Crippen LogP contribution in [0.5, 0.6) is 0 Å². The summed E-state index contributed by atoms with van der Waals surface area (Å²) in [4.78, 5) is 53.6. The van der Waals surface area contributed by atoms with Crippen LogP contribution in [0.15, 0.2) is 72.8 Å². The molecule has 2 heterocycles. The van der Waals surface area contributed by atoms with Crippen LogP contribution in [-0.4, -0.2) is 36.3 Å². The van der Waals surface area contributed by atoms with Gasteiger partial charge in [-0.1, -0.05) is 36.4 Å². The van der Waals surface area contributed by atoms with Crippen LogP contribution >= 0.6 is 0 Å². The number of anilines is 2. The van der Waals surface area contributed by atoms with Crippen molar-refractivity contribution in [3.63, 3.8) is 0 Å². The number of benzene rings is 3. The molecule has 7 nitrogen and oxygen atoms in total. The van der Waals surface area contributed by atoms with Gasteiger partial charge >= 0.3 is 5.97 Å². The first kappa shape index (κ1) is 20.6. The van der Waals surface area contributed by atoms with Crippen LogP contribution in [0, 0.1) is 0 Å². The molecular formula is C26H20N2O5. The summed E-state index contributed by atoms with van der Waals surface area (Å²) in [5.74, 6) is -1.91. The fourth-order valence-electron chi connectivity index (χ4n) is 4.42. The van der Waals surface area contributed by atoms with Gasteiger partial charge in [0, 0.05) is 11.7 Å². The SMILES string of the molecule is C[C@H]1Cc2ccccc2N1C(=O)COC(=O)c1cccc(N2C(=O)c3ccccc3C2=O)c1. The predicted molar refractivity (Wildman–Crippen MR) is 121 cm³/mol. The Balaban J connectivity index is 1.30. The number of nitrogens with zero attached hydrogens (tertiary/aromatic N) is 2. The summed E-state index contributed by atoms with van der Waals surface area (Å²) >= 11 is 0. The van der Waals surface area contributed by atoms with E-state index in [2.05, 4.69) is 0 Å². The van der Waals surface area contributed by atoms with Crippen molar-refractivity contribution < 1.29 is 23.9 Å². The smallest absolute Gasteiger partial charge is 0.338 e. The largest absolute Gasteiger partial charge is 0.452 e. The molecule has 0 fully saturated rings. The minimum absolute atomic E-state index is 0.0225. The molecule has 2 aliphatic rings. The number of imide groups is 1. The van der Waals surface area contributed by atoms with Gasteiger partial charge in [0.15, 0.2) is 6.61 Å². The number of esters is 1. The van der Waals surface area contributed by atoms with Crippen LogP contribution in [0.1, 0.15) is 43.6 Å². The number of hydrogen-bond acceptors (Lipinski definition) is 5. The number of hydrogen-bond donors (Lipinski definition) is 0. The lowest BCUT2D eigenvalue weighted by atomic mass is 10.1. The third-order valence-corrected chi connectivity index (χ3v) is 5.94. The topological polar surface area (TPSA) is 84.0 Å². The second-order valence-electron chi connectivity index (χ2n) is 8.06. The summed E-state index contributed by atoms with van der Waals surface area (Å²) in [6.07, 6.45) is 0.748. The van der Waals surface area contributed by atoms with Crippen molar-refractivity contribution in [3.05, 3.63) is 95.1 Å². The molecule has 1 atom stereocenters. The highest BCUT2D eigenvalue weighted by Crippen LogP contribution is 2.32. The molecule has 3 aromatic carbocycles. The maximum Gasteiger partial charge on any atom is 0.338 e. The average molecular weight is 440 g/mol. The van der Waals surface area contributed by atoms with Crippen molar-refractivity contribution in [1.82, 2.24) is 0 Å². The summed E-state index contributed by atoms with van der Waals surface area (Å²) in [5, 5.41) is 0. The van der Waals surface area contributed by atoms with E-state index in [1.807, 2.05) is 31.2 Å². The maximum atomic E-state index is 12.8. The Labute approximate surface area is 190 Å². The quantitative estimate of drug-likeness (QED) is 0.457. The first-order chi connectivity index (χ1) is 16.0. The van der Waals surface area contributed by atoms with Crippen LogP contribution in [0.2, 0.25) is 0 Å². The highest BCUT2D eigenvalue weighted by atomic mass is 16.5. The fourth-order valence-corrected chi connectivity index (χ4v) is 4.42. The van der Waals surface area contributed by atoms with E-state index in [4.69, 9.17) is 4.74 Å². The number of rotatable bonds is 4. The lowest BCUT2D eigenvalue weighted by molar-refractivity contribution is -0.122. The zero-order chi connectivity index (χ0) is 23.1. The van der Waals surface area contributed by atoms with Gasteiger partial charge in [-0.15, -0.1) is 0 Å². The molecule has 0 radical (unpaired) electrons. The van der Waals surface area contributed by atoms with Gasteiger partial charge in [-0.05, 0) is 55.3 Å². The lowest BCUT2D eigenvalue weighted by Crippen LogP contribution is -2.38. The molecule has 3 amide bonds. The van der Waals surface area contributed by atoms with Crippen LogP contribution in [-0.2, 0) is 16.0 Å². The molecule has 0 aromatic heterocycles. The molecule has 0 bridgehead atoms. The molecule has 0 saturated heterocycles. The highest BCUT2D eigenvalue weighted by Gasteiger charge is 2.36. The van der Waals surface area contributed by atoms with Gasteiger partial charge in [0.25, 0.3) is 17.7 Å². The van der Waals surface area contributed by atoms with Crippen LogP contribution in [0.4, 0.5) is 11.4 Å². The maximum absolute atomic E-state index is 12.8. The van der Waals surface area contributed by atoms with Gasteiger partial charge in [-0.25, -0.2) is 9.69 Å². The number of carbonyl (C=O) groups excluding carboxylic acids is 4. The Hall–Kier alpha value is -4.26. The fraction of sp³-hybridized carbons (Fsp3) is 0.154. The molecule has 7 heteroatoms. The molecule has 2 aliphatic heterocycles. The van der Waals surface area contributed by atoms with Crippen molar-refractivity contribution in [1.29, 1.82) is 0 Å². The molecule has 0 saturated carbocycles. The Bertz CT molecular complexity index is 1280. The van der Waals surface area contributed by atoms with Crippen LogP contribution in [0.25, 0.3) is 0 Å². The molecular weight excluding hydrogens is 420 g/mol. The molecule has 0 unspecified atom stereocenters. The first-order valence-corrected chi connectivity index (χ1v) is 10.6. The van der Waals surface area contributed by atoms with Crippen LogP contribution in [0.3, 0.4) is 0 Å². The first-order valence-electron chi connectivity index (χ1n) is 10.6. The summed E-state index contributed by atoms with van der Waals surface area (Å²) < 4.78 is 5.28. The molecule has 164 valence electrons. The minimum atomic E-state index is -0.707. The van der Waals surface area contributed by atoms with E-state index in [1.165, 1.54) is 12.1 Å². The normalized spacial score (nSPS) is 16.6. The van der Waals surface area contributed by atoms with Crippen molar-refractivity contribution in [3.8, 4) is 0 Å². The number of para-hydroxylation sites is 1. The van der Waals surface area contributed by atoms with Gasteiger partial charge in [0.1, 0.15) is 0 Å². The summed E-state index contributed by atoms with van der Waals surface area (Å²) in [6.45, 7) is 1.54. The van der Waals surface area contributed by atoms with Gasteiger partial charge < -0.3 is 9.64 Å². The third-order valence-electron chi connectivity index (χ3n) is 5.94. The van der Waals surface area contributed by atoms with E-state index < -0.39 is 24.4 Å². The summed E-state index contributed by atoms with van der Waals surface area (Å²) in [5.41, 5.74) is 2.97. The van der Waals surface area contributed by atoms with E-state index in [0.717, 1.165) is 22.6 Å². The number of amides is 3. The predicted octanol–water partition coefficient (Wildman–Crippen LogP) is 3.62. The lowest BCUT2D eigenvalue weighted by Gasteiger charge is -2.22. The Morgan fingerprint density at radius 1 is 0.909 bits per heavy atom. The molecule has 0 spiro atoms. The van der Waals surface area contributed by atoms with Crippen LogP contribution < -0.4 is 9.80 Å². The molecule has 0 aliphatic carbocycles. The van der Waals surface area contributed by atoms with Crippen molar-refractivity contribution in [2.75, 3.05) is 16.4 Å². The Kier molecular flexibility index (Phi) is 5.01. The number of fused-ring (bicyclic) bond motifs is 2. The van der Waals surface area contributed by atoms with Gasteiger partial charge in [0.2, 0.25) is 0 Å². The van der Waals surface area contributed by atoms with E-state index >= 15 is 0 Å². The second-order valence-corrected chi connectivity index (χ2v) is 8.06. The number of carbonyl (C=O) groups is 4. The van der Waals surface area contributed by atoms with Crippen molar-refractivity contribution >= 4 is 35.1 Å². The third kappa shape index (κ3) is 3.47. The van der Waals surface area contributed by atoms with E-state index in [9.17, 15) is 19.2 Å². The molecule has 5 rings (SSSR count). The van der Waals surface area contributed by atoms with E-state index in [-0.39, 0.29) is 23.2 Å². The van der Waals surface area contributed by atoms with Gasteiger partial charge in [-0.2, -0.15) is 0 Å². The molecule has 0 N–H and O–H groups in total.